The van der Waals surface area contributed by atoms with Gasteiger partial charge in [-0.05, 0) is 0 Å². The maximum absolute atomic E-state index is 13.9. The average Bonchev–Trinajstić information content (AvgIpc) is 2.82. The van der Waals surface area contributed by atoms with Gasteiger partial charge >= 0.3 is 15.6 Å². The van der Waals surface area contributed by atoms with E-state index in [1.54, 1.807) is 0 Å². The number of phosphoric acid groups is 2. The van der Waals surface area contributed by atoms with Crippen LogP contribution in [0.2, 0.25) is 0 Å². The molecule has 0 saturated carbocycles. The van der Waals surface area contributed by atoms with E-state index in [4.69, 9.17) is 39.5 Å². The summed E-state index contributed by atoms with van der Waals surface area (Å²) in [7, 11) is 0.575. The van der Waals surface area contributed by atoms with Gasteiger partial charge in [0, 0.05) is 12.4 Å². The Morgan fingerprint density at radius 1 is 1.04 bits per heavy atom. The Morgan fingerprint density at radius 3 is 2.21 bits per heavy atom. The summed E-state index contributed by atoms with van der Waals surface area (Å²) >= 11 is 0. The van der Waals surface area contributed by atoms with Crippen molar-refractivity contribution in [3.63, 3.8) is 0 Å². The third kappa shape index (κ3) is 6.55. The largest absolute Gasteiger partial charge is 0.472 e. The van der Waals surface area contributed by atoms with Crippen molar-refractivity contribution in [2.24, 2.45) is 0 Å². The van der Waals surface area contributed by atoms with Crippen LogP contribution in [0.3, 0.4) is 0 Å². The van der Waals surface area contributed by atoms with E-state index in [-0.39, 0.29) is 0 Å². The van der Waals surface area contributed by atoms with Gasteiger partial charge in [0.05, 0.1) is 19.2 Å². The number of aliphatic hydroxyl groups is 1. The van der Waals surface area contributed by atoms with Crippen LogP contribution in [0.4, 0.5) is 8.78 Å². The minimum atomic E-state index is -5.13. The molecule has 0 amide bonds. The Kier molecular flexibility index (Phi) is 8.25. The van der Waals surface area contributed by atoms with Crippen molar-refractivity contribution in [3.8, 4) is 0 Å². The topological polar surface area (TPSA) is 161 Å². The molecule has 158 valence electrons. The van der Waals surface area contributed by atoms with E-state index in [1.165, 1.54) is 0 Å². The second-order valence-electron chi connectivity index (χ2n) is 6.13. The molecule has 2 saturated heterocycles. The van der Waals surface area contributed by atoms with Crippen LogP contribution in [-0.2, 0) is 32.2 Å². The molecule has 0 bridgehead atoms. The zero-order valence-corrected chi connectivity index (χ0v) is 16.0. The Labute approximate surface area is 161 Å². The van der Waals surface area contributed by atoms with Crippen molar-refractivity contribution in [2.75, 3.05) is 13.2 Å². The van der Waals surface area contributed by atoms with Gasteiger partial charge in [-0.1, -0.05) is 0 Å². The van der Waals surface area contributed by atoms with E-state index in [1.807, 2.05) is 0 Å². The lowest BCUT2D eigenvalue weighted by Gasteiger charge is -2.36. The normalized spacial score (nSPS) is 41.6. The van der Waals surface area contributed by atoms with Gasteiger partial charge in [-0.25, -0.2) is 17.9 Å². The van der Waals surface area contributed by atoms with Gasteiger partial charge in [-0.15, -0.1) is 0 Å². The summed E-state index contributed by atoms with van der Waals surface area (Å²) in [6.07, 6.45) is -10.4. The van der Waals surface area contributed by atoms with E-state index in [2.05, 4.69) is 9.05 Å². The van der Waals surface area contributed by atoms with E-state index in [0.29, 0.717) is 0 Å². The maximum atomic E-state index is 13.9. The lowest BCUT2D eigenvalue weighted by molar-refractivity contribution is -0.134. The fourth-order valence-corrected chi connectivity index (χ4v) is 4.22. The molecule has 0 aromatic rings. The Hall–Kier alpha value is 0.0899. The van der Waals surface area contributed by atoms with Gasteiger partial charge in [-0.2, -0.15) is 0 Å². The molecule has 2 heterocycles. The van der Waals surface area contributed by atoms with Crippen LogP contribution in [0.25, 0.3) is 0 Å². The zero-order valence-electron chi connectivity index (χ0n) is 14.2. The first-order valence-electron chi connectivity index (χ1n) is 7.93. The third-order valence-electron chi connectivity index (χ3n) is 4.00. The molecule has 5 unspecified atom stereocenters. The number of alkyl halides is 2. The van der Waals surface area contributed by atoms with Crippen molar-refractivity contribution in [3.05, 3.63) is 0 Å². The van der Waals surface area contributed by atoms with Gasteiger partial charge in [0.15, 0.2) is 0 Å². The Morgan fingerprint density at radius 2 is 1.64 bits per heavy atom. The summed E-state index contributed by atoms with van der Waals surface area (Å²) in [5, 5.41) is 9.20. The second kappa shape index (κ2) is 9.49. The van der Waals surface area contributed by atoms with Crippen LogP contribution in [0, 0.1) is 0 Å². The predicted molar refractivity (Wildman–Crippen MR) is 87.9 cm³/mol. The summed E-state index contributed by atoms with van der Waals surface area (Å²) < 4.78 is 74.0. The molecule has 2 aliphatic heterocycles. The van der Waals surface area contributed by atoms with Crippen molar-refractivity contribution in [1.29, 1.82) is 0 Å². The summed E-state index contributed by atoms with van der Waals surface area (Å²) in [5.74, 6) is 0. The average molecular weight is 448 g/mol. The molecule has 0 spiro atoms. The molecule has 28 heavy (non-hydrogen) atoms. The van der Waals surface area contributed by atoms with E-state index in [9.17, 15) is 27.9 Å². The van der Waals surface area contributed by atoms with Crippen LogP contribution < -0.4 is 0 Å². The minimum absolute atomic E-state index is 0.471. The van der Waals surface area contributed by atoms with Crippen molar-refractivity contribution in [2.45, 2.75) is 55.2 Å². The number of hydrogen-bond acceptors (Lipinski definition) is 8. The molecule has 0 aliphatic carbocycles. The van der Waals surface area contributed by atoms with Gasteiger partial charge in [-0.3, -0.25) is 13.6 Å². The van der Waals surface area contributed by atoms with E-state index in [0.717, 1.165) is 0 Å². The van der Waals surface area contributed by atoms with Crippen LogP contribution in [0.1, 0.15) is 6.42 Å². The summed E-state index contributed by atoms with van der Waals surface area (Å²) in [4.78, 5) is 27.4. The molecule has 2 rings (SSSR count). The summed E-state index contributed by atoms with van der Waals surface area (Å²) in [6.45, 7) is -1.59. The minimum Gasteiger partial charge on any atom is -0.394 e. The standard InChI is InChI=1S/C11H18B2F2O11P2/c12-10-4(14)1-5(6(2-16)23-10)25-28(20,21)22-3-7-9(26-27(17,18)19)8(15)11(13)24-7/h4-11,16H,1-3H2,(H,20,21)(H2,17,18,19)/t4?,5?,6-,7-,8?,9?,10-,11-/m1/s1. The van der Waals surface area contributed by atoms with Crippen molar-refractivity contribution < 1.29 is 60.7 Å². The van der Waals surface area contributed by atoms with Gasteiger partial charge < -0.3 is 29.3 Å². The Balaban J connectivity index is 1.97. The highest BCUT2D eigenvalue weighted by Gasteiger charge is 2.48. The van der Waals surface area contributed by atoms with E-state index < -0.39 is 84.0 Å². The number of rotatable bonds is 8. The monoisotopic (exact) mass is 448 g/mol. The van der Waals surface area contributed by atoms with Crippen LogP contribution in [0.15, 0.2) is 0 Å². The SMILES string of the molecule is [B][C@@H]1O[C@H](CO)C(OP(=O)(O)OC[C@H]2O[C@@H]([B])C(F)C2OP(=O)(O)O)CC1F. The molecule has 4 N–H and O–H groups in total. The van der Waals surface area contributed by atoms with Gasteiger partial charge in [0.1, 0.15) is 52.5 Å². The molecule has 0 aromatic heterocycles. The number of halogens is 2. The Bertz CT molecular complexity index is 627. The lowest BCUT2D eigenvalue weighted by Crippen LogP contribution is -2.48. The predicted octanol–water partition coefficient (Wildman–Crippen LogP) is -1.19. The second-order valence-corrected chi connectivity index (χ2v) is 8.72. The third-order valence-corrected chi connectivity index (χ3v) is 5.53. The molecule has 0 aromatic carbocycles. The highest BCUT2D eigenvalue weighted by Crippen LogP contribution is 2.48. The fourth-order valence-electron chi connectivity index (χ4n) is 2.69. The quantitative estimate of drug-likeness (QED) is 0.261. The molecule has 9 atom stereocenters. The first-order valence-corrected chi connectivity index (χ1v) is 11.0. The molecule has 17 heteroatoms. The highest BCUT2D eigenvalue weighted by molar-refractivity contribution is 7.47. The molecule has 4 radical (unpaired) electrons. The van der Waals surface area contributed by atoms with E-state index >= 15 is 0 Å². The van der Waals surface area contributed by atoms with Gasteiger partial charge in [0.2, 0.25) is 0 Å². The van der Waals surface area contributed by atoms with Crippen LogP contribution >= 0.6 is 15.6 Å². The van der Waals surface area contributed by atoms with Gasteiger partial charge in [0.25, 0.3) is 0 Å². The highest BCUT2D eigenvalue weighted by atomic mass is 31.2. The lowest BCUT2D eigenvalue weighted by atomic mass is 9.88. The fraction of sp³-hybridized carbons (Fsp3) is 1.00. The molecule has 2 fully saturated rings. The molecule has 11 nitrogen and oxygen atoms in total. The maximum Gasteiger partial charge on any atom is 0.472 e. The molecular formula is C11H18B2F2O11P2. The smallest absolute Gasteiger partial charge is 0.394 e. The first kappa shape index (κ1) is 24.4. The number of hydrogen-bond donors (Lipinski definition) is 4. The summed E-state index contributed by atoms with van der Waals surface area (Å²) in [5.41, 5.74) is 0. The summed E-state index contributed by atoms with van der Waals surface area (Å²) in [6, 6.07) is -2.97. The molecular weight excluding hydrogens is 430 g/mol. The van der Waals surface area contributed by atoms with Crippen molar-refractivity contribution >= 4 is 31.3 Å². The number of phosphoric ester groups is 2. The van der Waals surface area contributed by atoms with Crippen LogP contribution in [-0.4, -0.2) is 97.5 Å². The zero-order chi connectivity index (χ0) is 21.3. The number of ether oxygens (including phenoxy) is 2. The van der Waals surface area contributed by atoms with Crippen LogP contribution in [0.5, 0.6) is 0 Å². The van der Waals surface area contributed by atoms with Crippen molar-refractivity contribution in [1.82, 2.24) is 0 Å². The first-order chi connectivity index (χ1) is 12.8. The number of aliphatic hydroxyl groups excluding tert-OH is 1. The molecule has 2 aliphatic rings.